The fraction of sp³-hybridized carbons (Fsp3) is 0.100. The van der Waals surface area contributed by atoms with Crippen LogP contribution in [0.25, 0.3) is 5.76 Å². The Morgan fingerprint density at radius 2 is 2.21 bits per heavy atom. The van der Waals surface area contributed by atoms with E-state index in [1.807, 2.05) is 0 Å². The summed E-state index contributed by atoms with van der Waals surface area (Å²) in [7, 11) is 1.55. The number of aliphatic hydroxyl groups excluding tert-OH is 1. The molecule has 74 valence electrons. The van der Waals surface area contributed by atoms with Gasteiger partial charge in [0.1, 0.15) is 11.5 Å². The fourth-order valence-electron chi connectivity index (χ4n) is 1.06. The highest BCUT2D eigenvalue weighted by atomic mass is 79.9. The predicted molar refractivity (Wildman–Crippen MR) is 61.6 cm³/mol. The van der Waals surface area contributed by atoms with Crippen LogP contribution >= 0.6 is 15.9 Å². The van der Waals surface area contributed by atoms with Gasteiger partial charge in [0.2, 0.25) is 0 Å². The van der Waals surface area contributed by atoms with E-state index < -0.39 is 0 Å². The van der Waals surface area contributed by atoms with Crippen LogP contribution in [0.4, 0.5) is 5.69 Å². The van der Waals surface area contributed by atoms with Crippen LogP contribution in [0.5, 0.6) is 5.75 Å². The number of ether oxygens (including phenoxy) is 1. The van der Waals surface area contributed by atoms with Crippen LogP contribution < -0.4 is 4.74 Å². The molecule has 4 heteroatoms. The summed E-state index contributed by atoms with van der Waals surface area (Å²) in [5, 5.41) is 9.29. The van der Waals surface area contributed by atoms with Crippen molar-refractivity contribution in [2.75, 3.05) is 7.11 Å². The minimum absolute atomic E-state index is 0.0572. The predicted octanol–water partition coefficient (Wildman–Crippen LogP) is 3.32. The smallest absolute Gasteiger partial charge is 0.133 e. The molecule has 0 aliphatic heterocycles. The highest BCUT2D eigenvalue weighted by Crippen LogP contribution is 2.34. The molecule has 0 radical (unpaired) electrons. The standard InChI is InChI=1S/C10H10BrNO2/c1-6(13)7-4-10(14-3)8(11)5-9(7)12-2/h4-5,13H,1-2H2,3H3. The van der Waals surface area contributed by atoms with Crippen molar-refractivity contribution >= 4 is 34.1 Å². The van der Waals surface area contributed by atoms with Crippen LogP contribution in [-0.4, -0.2) is 18.9 Å². The number of aliphatic imine (C=N–C) groups is 1. The molecule has 1 aromatic rings. The summed E-state index contributed by atoms with van der Waals surface area (Å²) >= 11 is 3.31. The summed E-state index contributed by atoms with van der Waals surface area (Å²) < 4.78 is 5.83. The first-order chi connectivity index (χ1) is 6.60. The molecule has 0 fully saturated rings. The second-order valence-corrected chi connectivity index (χ2v) is 3.46. The van der Waals surface area contributed by atoms with Crippen LogP contribution in [0.1, 0.15) is 5.56 Å². The molecule has 0 atom stereocenters. The Kier molecular flexibility index (Phi) is 3.30. The number of hydrogen-bond donors (Lipinski definition) is 1. The van der Waals surface area contributed by atoms with E-state index in [0.717, 1.165) is 4.47 Å². The zero-order chi connectivity index (χ0) is 10.7. The molecule has 0 heterocycles. The zero-order valence-corrected chi connectivity index (χ0v) is 9.34. The highest BCUT2D eigenvalue weighted by Gasteiger charge is 2.09. The topological polar surface area (TPSA) is 41.8 Å². The van der Waals surface area contributed by atoms with Gasteiger partial charge in [0.15, 0.2) is 0 Å². The van der Waals surface area contributed by atoms with Crippen molar-refractivity contribution in [1.29, 1.82) is 0 Å². The molecule has 0 unspecified atom stereocenters. The lowest BCUT2D eigenvalue weighted by molar-refractivity contribution is 0.411. The van der Waals surface area contributed by atoms with Crippen molar-refractivity contribution < 1.29 is 9.84 Å². The molecule has 0 aromatic heterocycles. The molecule has 0 saturated carbocycles. The van der Waals surface area contributed by atoms with Crippen molar-refractivity contribution in [2.24, 2.45) is 4.99 Å². The third-order valence-electron chi connectivity index (χ3n) is 1.75. The van der Waals surface area contributed by atoms with Gasteiger partial charge in [-0.25, -0.2) is 0 Å². The SMILES string of the molecule is C=Nc1cc(Br)c(OC)cc1C(=C)O. The van der Waals surface area contributed by atoms with Gasteiger partial charge in [-0.2, -0.15) is 0 Å². The number of nitrogens with zero attached hydrogens (tertiary/aromatic N) is 1. The largest absolute Gasteiger partial charge is 0.508 e. The number of hydrogen-bond acceptors (Lipinski definition) is 3. The molecule has 0 aliphatic carbocycles. The van der Waals surface area contributed by atoms with Gasteiger partial charge in [-0.3, -0.25) is 4.99 Å². The first-order valence-corrected chi connectivity index (χ1v) is 4.62. The minimum Gasteiger partial charge on any atom is -0.508 e. The van der Waals surface area contributed by atoms with Crippen LogP contribution in [0, 0.1) is 0 Å². The molecule has 3 nitrogen and oxygen atoms in total. The van der Waals surface area contributed by atoms with Gasteiger partial charge in [-0.1, -0.05) is 6.58 Å². The second-order valence-electron chi connectivity index (χ2n) is 2.61. The number of halogens is 1. The van der Waals surface area contributed by atoms with E-state index in [1.54, 1.807) is 19.2 Å². The van der Waals surface area contributed by atoms with E-state index >= 15 is 0 Å². The minimum atomic E-state index is -0.0572. The average Bonchev–Trinajstić information content (AvgIpc) is 2.16. The van der Waals surface area contributed by atoms with Gasteiger partial charge >= 0.3 is 0 Å². The van der Waals surface area contributed by atoms with Crippen LogP contribution in [0.15, 0.2) is 28.2 Å². The number of benzene rings is 1. The van der Waals surface area contributed by atoms with Crippen LogP contribution in [-0.2, 0) is 0 Å². The van der Waals surface area contributed by atoms with E-state index in [9.17, 15) is 5.11 Å². The van der Waals surface area contributed by atoms with E-state index in [1.165, 1.54) is 0 Å². The normalized spacial score (nSPS) is 9.57. The lowest BCUT2D eigenvalue weighted by Crippen LogP contribution is -1.88. The quantitative estimate of drug-likeness (QED) is 0.665. The highest BCUT2D eigenvalue weighted by molar-refractivity contribution is 9.10. The maximum atomic E-state index is 9.29. The Bertz CT molecular complexity index is 388. The molecule has 14 heavy (non-hydrogen) atoms. The van der Waals surface area contributed by atoms with Gasteiger partial charge in [0.25, 0.3) is 0 Å². The number of aliphatic hydroxyl groups is 1. The summed E-state index contributed by atoms with van der Waals surface area (Å²) in [5.74, 6) is 0.556. The second kappa shape index (κ2) is 4.28. The van der Waals surface area contributed by atoms with Gasteiger partial charge in [-0.15, -0.1) is 0 Å². The lowest BCUT2D eigenvalue weighted by Gasteiger charge is -2.08. The van der Waals surface area contributed by atoms with E-state index in [-0.39, 0.29) is 5.76 Å². The van der Waals surface area contributed by atoms with Crippen molar-refractivity contribution in [2.45, 2.75) is 0 Å². The summed E-state index contributed by atoms with van der Waals surface area (Å²) in [6.45, 7) is 6.84. The van der Waals surface area contributed by atoms with Gasteiger partial charge in [-0.05, 0) is 34.8 Å². The van der Waals surface area contributed by atoms with Crippen LogP contribution in [0.2, 0.25) is 0 Å². The molecule has 0 amide bonds. The average molecular weight is 256 g/mol. The number of rotatable bonds is 3. The summed E-state index contributed by atoms with van der Waals surface area (Å²) in [6.07, 6.45) is 0. The molecule has 0 saturated heterocycles. The molecular formula is C10H10BrNO2. The Balaban J connectivity index is 3.39. The Labute approximate surface area is 90.9 Å². The molecule has 0 spiro atoms. The monoisotopic (exact) mass is 255 g/mol. The van der Waals surface area contributed by atoms with E-state index in [2.05, 4.69) is 34.2 Å². The van der Waals surface area contributed by atoms with Gasteiger partial charge < -0.3 is 9.84 Å². The molecule has 1 N–H and O–H groups in total. The Morgan fingerprint density at radius 1 is 1.57 bits per heavy atom. The maximum absolute atomic E-state index is 9.29. The fourth-order valence-corrected chi connectivity index (χ4v) is 1.55. The molecule has 0 bridgehead atoms. The summed E-state index contributed by atoms with van der Waals surface area (Å²) in [4.78, 5) is 3.77. The Morgan fingerprint density at radius 3 is 2.64 bits per heavy atom. The number of methoxy groups -OCH3 is 1. The summed E-state index contributed by atoms with van der Waals surface area (Å²) in [6, 6.07) is 3.36. The molecule has 1 aromatic carbocycles. The third kappa shape index (κ3) is 1.96. The molecule has 0 aliphatic rings. The van der Waals surface area contributed by atoms with Crippen LogP contribution in [0.3, 0.4) is 0 Å². The van der Waals surface area contributed by atoms with Crippen molar-refractivity contribution in [1.82, 2.24) is 0 Å². The van der Waals surface area contributed by atoms with Gasteiger partial charge in [0.05, 0.1) is 17.3 Å². The lowest BCUT2D eigenvalue weighted by atomic mass is 10.1. The maximum Gasteiger partial charge on any atom is 0.133 e. The zero-order valence-electron chi connectivity index (χ0n) is 7.75. The Hall–Kier alpha value is -1.29. The van der Waals surface area contributed by atoms with Gasteiger partial charge in [0, 0.05) is 5.56 Å². The van der Waals surface area contributed by atoms with E-state index in [0.29, 0.717) is 17.0 Å². The van der Waals surface area contributed by atoms with Crippen molar-refractivity contribution in [3.63, 3.8) is 0 Å². The molecular weight excluding hydrogens is 246 g/mol. The first kappa shape index (κ1) is 10.8. The first-order valence-electron chi connectivity index (χ1n) is 3.82. The third-order valence-corrected chi connectivity index (χ3v) is 2.37. The van der Waals surface area contributed by atoms with Crippen molar-refractivity contribution in [3.8, 4) is 5.75 Å². The van der Waals surface area contributed by atoms with E-state index in [4.69, 9.17) is 4.74 Å². The van der Waals surface area contributed by atoms with Crippen molar-refractivity contribution in [3.05, 3.63) is 28.7 Å². The summed E-state index contributed by atoms with van der Waals surface area (Å²) in [5.41, 5.74) is 1.07. The molecule has 1 rings (SSSR count).